The highest BCUT2D eigenvalue weighted by molar-refractivity contribution is 8.00. The zero-order chi connectivity index (χ0) is 18.8. The van der Waals surface area contributed by atoms with Gasteiger partial charge < -0.3 is 10.2 Å². The van der Waals surface area contributed by atoms with E-state index in [1.165, 1.54) is 10.5 Å². The summed E-state index contributed by atoms with van der Waals surface area (Å²) in [6.07, 6.45) is 2.37. The first kappa shape index (κ1) is 18.1. The SMILES string of the molecule is Cc1cccc(SC2CCN(C(=O)CC3NC(=O)c4ccccc43)CC2)c1. The number of nitrogens with zero attached hydrogens (tertiary/aromatic N) is 1. The fourth-order valence-electron chi connectivity index (χ4n) is 3.89. The van der Waals surface area contributed by atoms with Crippen molar-refractivity contribution in [2.24, 2.45) is 0 Å². The van der Waals surface area contributed by atoms with E-state index in [4.69, 9.17) is 0 Å². The van der Waals surface area contributed by atoms with E-state index < -0.39 is 0 Å². The predicted octanol–water partition coefficient (Wildman–Crippen LogP) is 3.95. The van der Waals surface area contributed by atoms with Crippen LogP contribution in [0.1, 0.15) is 46.8 Å². The summed E-state index contributed by atoms with van der Waals surface area (Å²) in [5.74, 6) is 0.0627. The summed E-state index contributed by atoms with van der Waals surface area (Å²) < 4.78 is 0. The van der Waals surface area contributed by atoms with Crippen LogP contribution in [-0.2, 0) is 4.79 Å². The van der Waals surface area contributed by atoms with E-state index in [2.05, 4.69) is 36.5 Å². The first-order valence-electron chi connectivity index (χ1n) is 9.51. The average Bonchev–Trinajstić information content (AvgIpc) is 2.98. The maximum atomic E-state index is 12.7. The molecule has 1 saturated heterocycles. The summed E-state index contributed by atoms with van der Waals surface area (Å²) in [7, 11) is 0. The number of nitrogens with one attached hydrogen (secondary N) is 1. The van der Waals surface area contributed by atoms with Gasteiger partial charge in [-0.1, -0.05) is 35.9 Å². The van der Waals surface area contributed by atoms with Gasteiger partial charge in [0.15, 0.2) is 0 Å². The van der Waals surface area contributed by atoms with Gasteiger partial charge in [-0.15, -0.1) is 11.8 Å². The Bertz CT molecular complexity index is 859. The largest absolute Gasteiger partial charge is 0.345 e. The molecule has 0 spiro atoms. The highest BCUT2D eigenvalue weighted by atomic mass is 32.2. The van der Waals surface area contributed by atoms with Crippen molar-refractivity contribution < 1.29 is 9.59 Å². The molecule has 4 rings (SSSR count). The monoisotopic (exact) mass is 380 g/mol. The van der Waals surface area contributed by atoms with Crippen LogP contribution in [0.15, 0.2) is 53.4 Å². The molecule has 0 aliphatic carbocycles. The van der Waals surface area contributed by atoms with Crippen molar-refractivity contribution in [3.05, 3.63) is 65.2 Å². The lowest BCUT2D eigenvalue weighted by Crippen LogP contribution is -2.40. The molecule has 2 aliphatic heterocycles. The number of likely N-dealkylation sites (tertiary alicyclic amines) is 1. The summed E-state index contributed by atoms with van der Waals surface area (Å²) in [4.78, 5) is 28.1. The van der Waals surface area contributed by atoms with Gasteiger partial charge >= 0.3 is 0 Å². The quantitative estimate of drug-likeness (QED) is 0.874. The lowest BCUT2D eigenvalue weighted by molar-refractivity contribution is -0.132. The van der Waals surface area contributed by atoms with Crippen molar-refractivity contribution in [1.29, 1.82) is 0 Å². The van der Waals surface area contributed by atoms with Crippen LogP contribution in [0.4, 0.5) is 0 Å². The van der Waals surface area contributed by atoms with E-state index in [0.717, 1.165) is 31.5 Å². The first-order chi connectivity index (χ1) is 13.1. The second kappa shape index (κ2) is 7.77. The smallest absolute Gasteiger partial charge is 0.252 e. The number of benzene rings is 2. The number of thioether (sulfide) groups is 1. The van der Waals surface area contributed by atoms with Crippen LogP contribution in [0.25, 0.3) is 0 Å². The minimum atomic E-state index is -0.194. The Balaban J connectivity index is 1.31. The Kier molecular flexibility index (Phi) is 5.21. The number of fused-ring (bicyclic) bond motifs is 1. The Morgan fingerprint density at radius 3 is 2.70 bits per heavy atom. The molecule has 140 valence electrons. The number of carbonyl (C=O) groups is 2. The van der Waals surface area contributed by atoms with Crippen molar-refractivity contribution in [2.75, 3.05) is 13.1 Å². The van der Waals surface area contributed by atoms with Crippen LogP contribution in [0, 0.1) is 6.92 Å². The fraction of sp³-hybridized carbons (Fsp3) is 0.364. The second-order valence-corrected chi connectivity index (χ2v) is 8.71. The minimum Gasteiger partial charge on any atom is -0.345 e. The van der Waals surface area contributed by atoms with E-state index in [-0.39, 0.29) is 17.9 Å². The highest BCUT2D eigenvalue weighted by Crippen LogP contribution is 2.32. The van der Waals surface area contributed by atoms with Crippen molar-refractivity contribution in [3.63, 3.8) is 0 Å². The van der Waals surface area contributed by atoms with E-state index in [1.807, 2.05) is 40.9 Å². The van der Waals surface area contributed by atoms with Gasteiger partial charge in [0.25, 0.3) is 5.91 Å². The van der Waals surface area contributed by atoms with Gasteiger partial charge in [0, 0.05) is 28.8 Å². The molecule has 2 aromatic rings. The summed E-state index contributed by atoms with van der Waals surface area (Å²) in [6, 6.07) is 16.0. The van der Waals surface area contributed by atoms with Crippen LogP contribution < -0.4 is 5.32 Å². The van der Waals surface area contributed by atoms with Crippen LogP contribution in [0.5, 0.6) is 0 Å². The fourth-order valence-corrected chi connectivity index (χ4v) is 5.13. The molecule has 1 fully saturated rings. The number of aryl methyl sites for hydroxylation is 1. The maximum Gasteiger partial charge on any atom is 0.252 e. The molecule has 2 heterocycles. The van der Waals surface area contributed by atoms with Crippen molar-refractivity contribution in [1.82, 2.24) is 10.2 Å². The summed E-state index contributed by atoms with van der Waals surface area (Å²) in [5, 5.41) is 3.50. The molecule has 0 aromatic heterocycles. The van der Waals surface area contributed by atoms with Crippen LogP contribution >= 0.6 is 11.8 Å². The lowest BCUT2D eigenvalue weighted by atomic mass is 10.0. The topological polar surface area (TPSA) is 49.4 Å². The van der Waals surface area contributed by atoms with E-state index in [9.17, 15) is 9.59 Å². The molecule has 2 aromatic carbocycles. The number of carbonyl (C=O) groups excluding carboxylic acids is 2. The van der Waals surface area contributed by atoms with Crippen LogP contribution in [0.2, 0.25) is 0 Å². The molecule has 4 nitrogen and oxygen atoms in total. The van der Waals surface area contributed by atoms with Crippen molar-refractivity contribution in [3.8, 4) is 0 Å². The maximum absolute atomic E-state index is 12.7. The molecule has 1 atom stereocenters. The van der Waals surface area contributed by atoms with Crippen molar-refractivity contribution >= 4 is 23.6 Å². The number of piperidine rings is 1. The summed E-state index contributed by atoms with van der Waals surface area (Å²) in [5.41, 5.74) is 2.93. The second-order valence-electron chi connectivity index (χ2n) is 7.33. The number of amides is 2. The van der Waals surface area contributed by atoms with Gasteiger partial charge in [0.05, 0.1) is 12.5 Å². The van der Waals surface area contributed by atoms with Gasteiger partial charge in [-0.05, 0) is 43.5 Å². The summed E-state index contributed by atoms with van der Waals surface area (Å²) >= 11 is 1.92. The third-order valence-electron chi connectivity index (χ3n) is 5.35. The molecule has 2 amide bonds. The van der Waals surface area contributed by atoms with E-state index >= 15 is 0 Å². The Labute approximate surface area is 164 Å². The molecule has 27 heavy (non-hydrogen) atoms. The van der Waals surface area contributed by atoms with E-state index in [0.29, 0.717) is 17.2 Å². The Morgan fingerprint density at radius 1 is 1.15 bits per heavy atom. The lowest BCUT2D eigenvalue weighted by Gasteiger charge is -2.32. The van der Waals surface area contributed by atoms with Gasteiger partial charge in [-0.25, -0.2) is 0 Å². The number of hydrogen-bond donors (Lipinski definition) is 1. The number of hydrogen-bond acceptors (Lipinski definition) is 3. The Morgan fingerprint density at radius 2 is 1.93 bits per heavy atom. The standard InChI is InChI=1S/C22H24N2O2S/c1-15-5-4-6-17(13-15)27-16-9-11-24(12-10-16)21(25)14-20-18-7-2-3-8-19(18)22(26)23-20/h2-8,13,16,20H,9-12,14H2,1H3,(H,23,26). The molecule has 2 aliphatic rings. The zero-order valence-corrected chi connectivity index (χ0v) is 16.3. The van der Waals surface area contributed by atoms with E-state index in [1.54, 1.807) is 0 Å². The van der Waals surface area contributed by atoms with Crippen molar-refractivity contribution in [2.45, 2.75) is 42.4 Å². The van der Waals surface area contributed by atoms with Gasteiger partial charge in [-0.3, -0.25) is 9.59 Å². The summed E-state index contributed by atoms with van der Waals surface area (Å²) in [6.45, 7) is 3.71. The molecule has 1 unspecified atom stereocenters. The Hall–Kier alpha value is -2.27. The number of rotatable bonds is 4. The molecule has 0 saturated carbocycles. The van der Waals surface area contributed by atoms with Gasteiger partial charge in [0.1, 0.15) is 0 Å². The molecule has 1 N–H and O–H groups in total. The molecule has 0 radical (unpaired) electrons. The van der Waals surface area contributed by atoms with Gasteiger partial charge in [0.2, 0.25) is 5.91 Å². The molecule has 0 bridgehead atoms. The van der Waals surface area contributed by atoms with Crippen LogP contribution in [0.3, 0.4) is 0 Å². The first-order valence-corrected chi connectivity index (χ1v) is 10.4. The molecular formula is C22H24N2O2S. The third-order valence-corrected chi connectivity index (χ3v) is 6.68. The predicted molar refractivity (Wildman–Crippen MR) is 108 cm³/mol. The normalized spacial score (nSPS) is 19.7. The zero-order valence-electron chi connectivity index (χ0n) is 15.5. The molecule has 5 heteroatoms. The van der Waals surface area contributed by atoms with Gasteiger partial charge in [-0.2, -0.15) is 0 Å². The minimum absolute atomic E-state index is 0.0725. The average molecular weight is 381 g/mol. The van der Waals surface area contributed by atoms with Crippen LogP contribution in [-0.4, -0.2) is 35.1 Å². The third kappa shape index (κ3) is 4.03. The molecular weight excluding hydrogens is 356 g/mol. The highest BCUT2D eigenvalue weighted by Gasteiger charge is 2.32.